The first-order valence-electron chi connectivity index (χ1n) is 20.9. The lowest BCUT2D eigenvalue weighted by atomic mass is 9.79. The van der Waals surface area contributed by atoms with Crippen molar-refractivity contribution in [2.75, 3.05) is 44.2 Å². The van der Waals surface area contributed by atoms with Gasteiger partial charge in [0.1, 0.15) is 24.3 Å². The number of rotatable bonds is 10. The van der Waals surface area contributed by atoms with Crippen LogP contribution in [-0.2, 0) is 11.2 Å². The molecule has 3 fully saturated rings. The van der Waals surface area contributed by atoms with Crippen molar-refractivity contribution in [2.45, 2.75) is 50.8 Å². The van der Waals surface area contributed by atoms with Crippen molar-refractivity contribution in [3.8, 4) is 33.8 Å². The van der Waals surface area contributed by atoms with Crippen molar-refractivity contribution in [1.29, 1.82) is 0 Å². The highest BCUT2D eigenvalue weighted by atomic mass is 16.5. The van der Waals surface area contributed by atoms with Crippen LogP contribution in [0.15, 0.2) is 96.5 Å². The van der Waals surface area contributed by atoms with E-state index >= 15 is 0 Å². The lowest BCUT2D eigenvalue weighted by Gasteiger charge is -2.47. The highest BCUT2D eigenvalue weighted by molar-refractivity contribution is 6.22. The van der Waals surface area contributed by atoms with E-state index in [1.54, 1.807) is 18.5 Å². The van der Waals surface area contributed by atoms with Gasteiger partial charge in [-0.1, -0.05) is 23.4 Å². The highest BCUT2D eigenvalue weighted by Gasteiger charge is 2.45. The van der Waals surface area contributed by atoms with Gasteiger partial charge in [-0.3, -0.25) is 29.2 Å². The molecular weight excluding hydrogens is 761 g/mol. The third-order valence-electron chi connectivity index (χ3n) is 13.1. The normalized spacial score (nSPS) is 21.6. The number of ether oxygens (including phenoxy) is 1. The first-order chi connectivity index (χ1) is 29.3. The summed E-state index contributed by atoms with van der Waals surface area (Å²) in [5, 5.41) is 30.8. The van der Waals surface area contributed by atoms with Crippen LogP contribution in [-0.4, -0.2) is 110 Å². The van der Waals surface area contributed by atoms with Crippen LogP contribution in [0.3, 0.4) is 0 Å². The maximum Gasteiger partial charge on any atom is 0.262 e. The standard InChI is InChI=1S/C46H46N8O6/c55-42-12-11-41(44(56)48-42)54-45(57)37-9-5-34(24-38(37)46(54)58)52-25-32(26-52)28-15-19-51(20-16-28)21-22-60-35-6-3-33(4-7-35)53-27-39(43(49-53)29-13-17-47-18-14-29)31-1-8-36-30(23-31)2-10-40(36)50-59/h1,3-9,13-14,17-18,23-24,27-28,32,41,44,56,59H,2,10-12,15-16,19-22,25-26H2,(H,48,55)/b50-40+. The second kappa shape index (κ2) is 15.7. The Labute approximate surface area is 347 Å². The number of hydrogen-bond donors (Lipinski definition) is 3. The predicted molar refractivity (Wildman–Crippen MR) is 223 cm³/mol. The van der Waals surface area contributed by atoms with E-state index in [9.17, 15) is 24.7 Å². The summed E-state index contributed by atoms with van der Waals surface area (Å²) in [6.45, 7) is 5.36. The number of aryl methyl sites for hydroxylation is 1. The number of piperidine rings is 2. The van der Waals surface area contributed by atoms with Crippen molar-refractivity contribution < 1.29 is 29.4 Å². The zero-order chi connectivity index (χ0) is 40.9. The minimum absolute atomic E-state index is 0.159. The number of benzene rings is 3. The van der Waals surface area contributed by atoms with E-state index in [1.807, 2.05) is 59.3 Å². The Morgan fingerprint density at radius 1 is 0.767 bits per heavy atom. The van der Waals surface area contributed by atoms with Crippen LogP contribution in [0.4, 0.5) is 5.69 Å². The zero-order valence-electron chi connectivity index (χ0n) is 33.1. The first kappa shape index (κ1) is 37.9. The van der Waals surface area contributed by atoms with Crippen molar-refractivity contribution in [3.05, 3.63) is 114 Å². The average Bonchev–Trinajstić information content (AvgIpc) is 3.95. The van der Waals surface area contributed by atoms with Crippen LogP contribution in [0.5, 0.6) is 5.75 Å². The summed E-state index contributed by atoms with van der Waals surface area (Å²) in [4.78, 5) is 48.2. The molecule has 0 spiro atoms. The van der Waals surface area contributed by atoms with E-state index in [2.05, 4.69) is 43.6 Å². The number of aliphatic hydroxyl groups excluding tert-OH is 1. The van der Waals surface area contributed by atoms with E-state index in [1.165, 1.54) is 5.56 Å². The van der Waals surface area contributed by atoms with Crippen LogP contribution in [0.1, 0.15) is 63.9 Å². The summed E-state index contributed by atoms with van der Waals surface area (Å²) < 4.78 is 8.11. The molecule has 0 radical (unpaired) electrons. The highest BCUT2D eigenvalue weighted by Crippen LogP contribution is 2.38. The fourth-order valence-corrected chi connectivity index (χ4v) is 9.62. The minimum atomic E-state index is -1.26. The summed E-state index contributed by atoms with van der Waals surface area (Å²) in [6.07, 6.45) is 8.60. The maximum atomic E-state index is 13.3. The quantitative estimate of drug-likeness (QED) is 0.0978. The predicted octanol–water partition coefficient (Wildman–Crippen LogP) is 5.15. The van der Waals surface area contributed by atoms with E-state index in [0.717, 1.165) is 114 Å². The molecule has 306 valence electrons. The summed E-state index contributed by atoms with van der Waals surface area (Å²) >= 11 is 0. The number of amides is 3. The molecule has 3 amide bonds. The molecule has 2 atom stereocenters. The monoisotopic (exact) mass is 806 g/mol. The second-order valence-electron chi connectivity index (χ2n) is 16.5. The van der Waals surface area contributed by atoms with Gasteiger partial charge < -0.3 is 25.3 Å². The van der Waals surface area contributed by atoms with Gasteiger partial charge >= 0.3 is 0 Å². The molecule has 14 nitrogen and oxygen atoms in total. The summed E-state index contributed by atoms with van der Waals surface area (Å²) in [6, 6.07) is 22.9. The Balaban J connectivity index is 0.707. The molecule has 3 aromatic carbocycles. The molecule has 3 N–H and O–H groups in total. The van der Waals surface area contributed by atoms with Crippen molar-refractivity contribution >= 4 is 29.1 Å². The smallest absolute Gasteiger partial charge is 0.262 e. The third kappa shape index (κ3) is 6.98. The van der Waals surface area contributed by atoms with E-state index in [0.29, 0.717) is 29.6 Å². The number of carbonyl (C=O) groups is 3. The summed E-state index contributed by atoms with van der Waals surface area (Å²) in [7, 11) is 0. The Kier molecular flexibility index (Phi) is 9.88. The van der Waals surface area contributed by atoms with Crippen molar-refractivity contribution in [2.24, 2.45) is 17.0 Å². The Morgan fingerprint density at radius 2 is 1.52 bits per heavy atom. The van der Waals surface area contributed by atoms with Crippen LogP contribution in [0, 0.1) is 11.8 Å². The molecule has 0 bridgehead atoms. The second-order valence-corrected chi connectivity index (χ2v) is 16.5. The number of imide groups is 1. The third-order valence-corrected chi connectivity index (χ3v) is 13.1. The Bertz CT molecular complexity index is 2490. The summed E-state index contributed by atoms with van der Waals surface area (Å²) in [5.74, 6) is 0.918. The molecule has 4 aliphatic heterocycles. The Morgan fingerprint density at radius 3 is 2.28 bits per heavy atom. The number of hydrogen-bond acceptors (Lipinski definition) is 11. The Hall–Kier alpha value is -6.38. The molecular formula is C46H46N8O6. The van der Waals surface area contributed by atoms with Crippen LogP contribution >= 0.6 is 0 Å². The molecule has 2 unspecified atom stereocenters. The van der Waals surface area contributed by atoms with Gasteiger partial charge in [-0.15, -0.1) is 0 Å². The minimum Gasteiger partial charge on any atom is -0.492 e. The van der Waals surface area contributed by atoms with Gasteiger partial charge in [-0.25, -0.2) is 4.68 Å². The number of pyridine rings is 1. The van der Waals surface area contributed by atoms with Crippen LogP contribution < -0.4 is 15.0 Å². The van der Waals surface area contributed by atoms with Crippen molar-refractivity contribution in [3.63, 3.8) is 0 Å². The first-order valence-corrected chi connectivity index (χ1v) is 20.9. The molecule has 5 aliphatic rings. The van der Waals surface area contributed by atoms with Crippen LogP contribution in [0.2, 0.25) is 0 Å². The van der Waals surface area contributed by atoms with Gasteiger partial charge in [0.2, 0.25) is 5.91 Å². The number of aliphatic hydroxyl groups is 1. The van der Waals surface area contributed by atoms with Gasteiger partial charge in [-0.2, -0.15) is 5.10 Å². The largest absolute Gasteiger partial charge is 0.492 e. The molecule has 2 aromatic heterocycles. The van der Waals surface area contributed by atoms with Gasteiger partial charge in [0, 0.05) is 67.0 Å². The summed E-state index contributed by atoms with van der Waals surface area (Å²) in [5.41, 5.74) is 9.38. The van der Waals surface area contributed by atoms with E-state index < -0.39 is 24.1 Å². The number of oxime groups is 1. The van der Waals surface area contributed by atoms with E-state index in [-0.39, 0.29) is 18.7 Å². The van der Waals surface area contributed by atoms with E-state index in [4.69, 9.17) is 9.84 Å². The average molecular weight is 807 g/mol. The molecule has 14 heteroatoms. The molecule has 60 heavy (non-hydrogen) atoms. The molecule has 0 saturated carbocycles. The topological polar surface area (TPSA) is 166 Å². The molecule has 5 aromatic rings. The lowest BCUT2D eigenvalue weighted by Crippen LogP contribution is -2.57. The maximum absolute atomic E-state index is 13.3. The number of likely N-dealkylation sites (tertiary alicyclic amines) is 1. The van der Waals surface area contributed by atoms with Gasteiger partial charge in [0.05, 0.1) is 28.6 Å². The van der Waals surface area contributed by atoms with Crippen molar-refractivity contribution in [1.82, 2.24) is 29.9 Å². The molecule has 1 aliphatic carbocycles. The lowest BCUT2D eigenvalue weighted by molar-refractivity contribution is -0.129. The number of carbonyl (C=O) groups excluding carboxylic acids is 3. The molecule has 10 rings (SSSR count). The SMILES string of the molecule is O=C1CCC(N2C(=O)c3ccc(N4CC(C5CCN(CCOc6ccc(-n7cc(-c8ccc9c(c8)CC/C9=N\O)c(-c8ccncc8)n7)cc6)CC5)C4)cc3C2=O)C(O)N1. The number of anilines is 1. The molecule has 3 saturated heterocycles. The van der Waals surface area contributed by atoms with Crippen LogP contribution in [0.25, 0.3) is 28.1 Å². The molecule has 6 heterocycles. The number of fused-ring (bicyclic) bond motifs is 2. The van der Waals surface area contributed by atoms with Gasteiger partial charge in [0.15, 0.2) is 0 Å². The number of nitrogens with one attached hydrogen (secondary N) is 1. The fourth-order valence-electron chi connectivity index (χ4n) is 9.62. The zero-order valence-corrected chi connectivity index (χ0v) is 33.1. The fraction of sp³-hybridized carbons (Fsp3) is 0.348. The van der Waals surface area contributed by atoms with Gasteiger partial charge in [0.25, 0.3) is 11.8 Å². The van der Waals surface area contributed by atoms with Gasteiger partial charge in [-0.05, 0) is 123 Å². The number of nitrogens with zero attached hydrogens (tertiary/aromatic N) is 7. The number of aromatic nitrogens is 3.